The highest BCUT2D eigenvalue weighted by Crippen LogP contribution is 2.17. The van der Waals surface area contributed by atoms with Gasteiger partial charge < -0.3 is 10.1 Å². The Labute approximate surface area is 131 Å². The van der Waals surface area contributed by atoms with E-state index >= 15 is 0 Å². The van der Waals surface area contributed by atoms with E-state index in [9.17, 15) is 9.18 Å². The SMILES string of the molecule is Cc1cccc(OCCNC(=O)c2cc(F)ccc2Br)c1. The minimum Gasteiger partial charge on any atom is -0.492 e. The molecule has 3 nitrogen and oxygen atoms in total. The molecule has 2 aromatic rings. The van der Waals surface area contributed by atoms with Crippen LogP contribution in [-0.4, -0.2) is 19.1 Å². The molecule has 0 aliphatic rings. The number of carbonyl (C=O) groups is 1. The molecule has 1 N–H and O–H groups in total. The Bertz CT molecular complexity index is 646. The summed E-state index contributed by atoms with van der Waals surface area (Å²) < 4.78 is 19.2. The van der Waals surface area contributed by atoms with Gasteiger partial charge in [0.05, 0.1) is 12.1 Å². The largest absolute Gasteiger partial charge is 0.492 e. The highest BCUT2D eigenvalue weighted by molar-refractivity contribution is 9.10. The second kappa shape index (κ2) is 7.22. The molecule has 0 bridgehead atoms. The lowest BCUT2D eigenvalue weighted by atomic mass is 10.2. The summed E-state index contributed by atoms with van der Waals surface area (Å²) in [5.41, 5.74) is 1.38. The molecule has 21 heavy (non-hydrogen) atoms. The molecule has 0 unspecified atom stereocenters. The summed E-state index contributed by atoms with van der Waals surface area (Å²) in [4.78, 5) is 11.9. The van der Waals surface area contributed by atoms with Crippen LogP contribution in [0, 0.1) is 12.7 Å². The van der Waals surface area contributed by atoms with Crippen LogP contribution in [0.5, 0.6) is 5.75 Å². The predicted octanol–water partition coefficient (Wildman–Crippen LogP) is 3.71. The third-order valence-electron chi connectivity index (χ3n) is 2.82. The summed E-state index contributed by atoms with van der Waals surface area (Å²) in [7, 11) is 0. The van der Waals surface area contributed by atoms with Crippen LogP contribution in [0.3, 0.4) is 0 Å². The van der Waals surface area contributed by atoms with Crippen LogP contribution in [0.25, 0.3) is 0 Å². The zero-order valence-corrected chi connectivity index (χ0v) is 13.1. The third kappa shape index (κ3) is 4.56. The lowest BCUT2D eigenvalue weighted by Gasteiger charge is -2.09. The lowest BCUT2D eigenvalue weighted by molar-refractivity contribution is 0.0945. The van der Waals surface area contributed by atoms with Crippen molar-refractivity contribution in [2.45, 2.75) is 6.92 Å². The normalized spacial score (nSPS) is 10.2. The van der Waals surface area contributed by atoms with E-state index in [0.717, 1.165) is 11.3 Å². The van der Waals surface area contributed by atoms with Crippen molar-refractivity contribution in [2.75, 3.05) is 13.2 Å². The van der Waals surface area contributed by atoms with Gasteiger partial charge in [0.15, 0.2) is 0 Å². The van der Waals surface area contributed by atoms with E-state index in [4.69, 9.17) is 4.74 Å². The van der Waals surface area contributed by atoms with Crippen molar-refractivity contribution in [1.29, 1.82) is 0 Å². The summed E-state index contributed by atoms with van der Waals surface area (Å²) in [6.45, 7) is 2.67. The topological polar surface area (TPSA) is 38.3 Å². The first-order valence-electron chi connectivity index (χ1n) is 6.49. The van der Waals surface area contributed by atoms with Crippen molar-refractivity contribution >= 4 is 21.8 Å². The third-order valence-corrected chi connectivity index (χ3v) is 3.51. The first-order valence-corrected chi connectivity index (χ1v) is 7.28. The van der Waals surface area contributed by atoms with Crippen molar-refractivity contribution in [2.24, 2.45) is 0 Å². The molecule has 0 heterocycles. The van der Waals surface area contributed by atoms with E-state index in [-0.39, 0.29) is 11.5 Å². The number of ether oxygens (including phenoxy) is 1. The molecule has 2 rings (SSSR count). The smallest absolute Gasteiger partial charge is 0.252 e. The molecule has 0 atom stereocenters. The second-order valence-electron chi connectivity index (χ2n) is 4.55. The minimum atomic E-state index is -0.445. The summed E-state index contributed by atoms with van der Waals surface area (Å²) in [5, 5.41) is 2.69. The molecule has 2 aromatic carbocycles. The van der Waals surface area contributed by atoms with E-state index in [1.807, 2.05) is 31.2 Å². The molecule has 0 aliphatic heterocycles. The number of halogens is 2. The molecular weight excluding hydrogens is 337 g/mol. The highest BCUT2D eigenvalue weighted by Gasteiger charge is 2.10. The number of aryl methyl sites for hydroxylation is 1. The van der Waals surface area contributed by atoms with Gasteiger partial charge in [0, 0.05) is 4.47 Å². The fourth-order valence-electron chi connectivity index (χ4n) is 1.81. The van der Waals surface area contributed by atoms with E-state index in [1.54, 1.807) is 0 Å². The summed E-state index contributed by atoms with van der Waals surface area (Å²) in [6, 6.07) is 11.7. The average Bonchev–Trinajstić information content (AvgIpc) is 2.46. The van der Waals surface area contributed by atoms with Crippen LogP contribution < -0.4 is 10.1 Å². The minimum absolute atomic E-state index is 0.269. The average molecular weight is 352 g/mol. The van der Waals surface area contributed by atoms with Gasteiger partial charge in [-0.25, -0.2) is 4.39 Å². The molecule has 0 spiro atoms. The monoisotopic (exact) mass is 351 g/mol. The first-order chi connectivity index (χ1) is 10.1. The van der Waals surface area contributed by atoms with Gasteiger partial charge in [-0.3, -0.25) is 4.79 Å². The zero-order valence-electron chi connectivity index (χ0n) is 11.5. The van der Waals surface area contributed by atoms with E-state index in [1.165, 1.54) is 18.2 Å². The highest BCUT2D eigenvalue weighted by atomic mass is 79.9. The number of hydrogen-bond acceptors (Lipinski definition) is 2. The standard InChI is InChI=1S/C16H15BrFNO2/c1-11-3-2-4-13(9-11)21-8-7-19-16(20)14-10-12(18)5-6-15(14)17/h2-6,9-10H,7-8H2,1H3,(H,19,20). The Hall–Kier alpha value is -1.88. The van der Waals surface area contributed by atoms with Crippen molar-refractivity contribution < 1.29 is 13.9 Å². The molecule has 110 valence electrons. The van der Waals surface area contributed by atoms with Crippen molar-refractivity contribution in [3.8, 4) is 5.75 Å². The van der Waals surface area contributed by atoms with E-state index in [0.29, 0.717) is 17.6 Å². The second-order valence-corrected chi connectivity index (χ2v) is 5.40. The Morgan fingerprint density at radius 2 is 2.10 bits per heavy atom. The fourth-order valence-corrected chi connectivity index (χ4v) is 2.23. The van der Waals surface area contributed by atoms with Crippen molar-refractivity contribution in [1.82, 2.24) is 5.32 Å². The zero-order chi connectivity index (χ0) is 15.2. The van der Waals surface area contributed by atoms with Crippen molar-refractivity contribution in [3.63, 3.8) is 0 Å². The quantitative estimate of drug-likeness (QED) is 0.834. The molecule has 0 fully saturated rings. The Balaban J connectivity index is 1.83. The van der Waals surface area contributed by atoms with Crippen molar-refractivity contribution in [3.05, 3.63) is 63.9 Å². The number of nitrogens with one attached hydrogen (secondary N) is 1. The van der Waals surface area contributed by atoms with Crippen LogP contribution in [0.15, 0.2) is 46.9 Å². The van der Waals surface area contributed by atoms with Gasteiger partial charge in [0.2, 0.25) is 0 Å². The molecule has 0 saturated carbocycles. The number of carbonyl (C=O) groups excluding carboxylic acids is 1. The summed E-state index contributed by atoms with van der Waals surface area (Å²) in [5.74, 6) is -0.0234. The molecular formula is C16H15BrFNO2. The maximum absolute atomic E-state index is 13.1. The molecule has 0 aromatic heterocycles. The van der Waals surface area contributed by atoms with Gasteiger partial charge >= 0.3 is 0 Å². The van der Waals surface area contributed by atoms with Gasteiger partial charge in [0.25, 0.3) is 5.91 Å². The maximum atomic E-state index is 13.1. The number of rotatable bonds is 5. The van der Waals surface area contributed by atoms with Gasteiger partial charge in [-0.15, -0.1) is 0 Å². The number of amides is 1. The van der Waals surface area contributed by atoms with Crippen LogP contribution >= 0.6 is 15.9 Å². The summed E-state index contributed by atoms with van der Waals surface area (Å²) in [6.07, 6.45) is 0. The molecule has 0 aliphatic carbocycles. The summed E-state index contributed by atoms with van der Waals surface area (Å²) >= 11 is 3.23. The predicted molar refractivity (Wildman–Crippen MR) is 83.1 cm³/mol. The van der Waals surface area contributed by atoms with Crippen LogP contribution in [0.1, 0.15) is 15.9 Å². The fraction of sp³-hybridized carbons (Fsp3) is 0.188. The molecule has 0 radical (unpaired) electrons. The van der Waals surface area contributed by atoms with E-state index in [2.05, 4.69) is 21.2 Å². The first kappa shape index (κ1) is 15.5. The van der Waals surface area contributed by atoms with Gasteiger partial charge in [-0.1, -0.05) is 12.1 Å². The Morgan fingerprint density at radius 3 is 2.86 bits per heavy atom. The van der Waals surface area contributed by atoms with Gasteiger partial charge in [-0.2, -0.15) is 0 Å². The van der Waals surface area contributed by atoms with Crippen LogP contribution in [-0.2, 0) is 0 Å². The molecule has 5 heteroatoms. The van der Waals surface area contributed by atoms with E-state index < -0.39 is 5.82 Å². The van der Waals surface area contributed by atoms with Gasteiger partial charge in [-0.05, 0) is 58.7 Å². The lowest BCUT2D eigenvalue weighted by Crippen LogP contribution is -2.28. The Morgan fingerprint density at radius 1 is 1.29 bits per heavy atom. The number of hydrogen-bond donors (Lipinski definition) is 1. The Kier molecular flexibility index (Phi) is 5.33. The van der Waals surface area contributed by atoms with Gasteiger partial charge in [0.1, 0.15) is 18.2 Å². The maximum Gasteiger partial charge on any atom is 0.252 e. The molecule has 0 saturated heterocycles. The van der Waals surface area contributed by atoms with Crippen LogP contribution in [0.2, 0.25) is 0 Å². The molecule has 1 amide bonds. The number of benzene rings is 2. The van der Waals surface area contributed by atoms with Crippen LogP contribution in [0.4, 0.5) is 4.39 Å².